The second-order valence-electron chi connectivity index (χ2n) is 6.59. The van der Waals surface area contributed by atoms with E-state index < -0.39 is 10.0 Å². The van der Waals surface area contributed by atoms with Gasteiger partial charge in [-0.1, -0.05) is 30.3 Å². The number of carbonyl (C=O) groups is 1. The van der Waals surface area contributed by atoms with Crippen molar-refractivity contribution < 1.29 is 13.2 Å². The Morgan fingerprint density at radius 3 is 2.44 bits per heavy atom. The van der Waals surface area contributed by atoms with Crippen LogP contribution in [0.25, 0.3) is 0 Å². The maximum atomic E-state index is 13.2. The highest BCUT2D eigenvalue weighted by molar-refractivity contribution is 7.89. The van der Waals surface area contributed by atoms with E-state index in [0.717, 1.165) is 11.1 Å². The van der Waals surface area contributed by atoms with Gasteiger partial charge < -0.3 is 5.32 Å². The molecule has 0 aromatic heterocycles. The highest BCUT2D eigenvalue weighted by Crippen LogP contribution is 2.34. The lowest BCUT2D eigenvalue weighted by Crippen LogP contribution is -2.36. The summed E-state index contributed by atoms with van der Waals surface area (Å²) in [4.78, 5) is 12.0. The number of nitrogens with one attached hydrogen (secondary N) is 1. The molecule has 0 fully saturated rings. The molecule has 5 nitrogen and oxygen atoms in total. The fourth-order valence-corrected chi connectivity index (χ4v) is 4.66. The molecule has 1 aliphatic heterocycles. The Morgan fingerprint density at radius 1 is 1.12 bits per heavy atom. The molecular weight excluding hydrogens is 336 g/mol. The molecule has 0 unspecified atom stereocenters. The summed E-state index contributed by atoms with van der Waals surface area (Å²) in [6, 6.07) is 14.2. The lowest BCUT2D eigenvalue weighted by molar-refractivity contribution is -0.116. The Kier molecular flexibility index (Phi) is 4.67. The molecule has 25 heavy (non-hydrogen) atoms. The second-order valence-corrected chi connectivity index (χ2v) is 8.48. The molecule has 1 aliphatic rings. The summed E-state index contributed by atoms with van der Waals surface area (Å²) < 4.78 is 27.9. The number of sulfonamides is 1. The van der Waals surface area contributed by atoms with Crippen LogP contribution in [0.15, 0.2) is 53.4 Å². The van der Waals surface area contributed by atoms with Gasteiger partial charge in [0.05, 0.1) is 10.8 Å². The van der Waals surface area contributed by atoms with E-state index in [1.807, 2.05) is 44.2 Å². The molecule has 3 rings (SSSR count). The van der Waals surface area contributed by atoms with Crippen molar-refractivity contribution in [2.45, 2.75) is 44.2 Å². The van der Waals surface area contributed by atoms with Crippen LogP contribution in [-0.4, -0.2) is 24.7 Å². The first-order chi connectivity index (χ1) is 11.8. The predicted octanol–water partition coefficient (Wildman–Crippen LogP) is 3.34. The third-order valence-corrected chi connectivity index (χ3v) is 6.52. The van der Waals surface area contributed by atoms with Crippen molar-refractivity contribution in [1.29, 1.82) is 0 Å². The third kappa shape index (κ3) is 3.32. The van der Waals surface area contributed by atoms with E-state index in [-0.39, 0.29) is 22.8 Å². The van der Waals surface area contributed by atoms with Crippen molar-refractivity contribution in [3.63, 3.8) is 0 Å². The molecular formula is C19H22N2O3S. The van der Waals surface area contributed by atoms with Gasteiger partial charge in [0.1, 0.15) is 0 Å². The standard InChI is InChI=1S/C19H22N2O3S/c1-13(2)21(12-15-7-5-4-6-8-15)25(23,24)16-9-10-18-17(11-16)14(3)19(22)20-18/h4-11,13-14H,12H2,1-3H3,(H,20,22)/t14-/m0/s1. The van der Waals surface area contributed by atoms with Crippen LogP contribution in [-0.2, 0) is 21.4 Å². The zero-order chi connectivity index (χ0) is 18.2. The van der Waals surface area contributed by atoms with E-state index >= 15 is 0 Å². The van der Waals surface area contributed by atoms with Crippen LogP contribution < -0.4 is 5.32 Å². The second kappa shape index (κ2) is 6.61. The number of nitrogens with zero attached hydrogens (tertiary/aromatic N) is 1. The lowest BCUT2D eigenvalue weighted by atomic mass is 10.0. The highest BCUT2D eigenvalue weighted by atomic mass is 32.2. The average molecular weight is 358 g/mol. The minimum absolute atomic E-state index is 0.102. The quantitative estimate of drug-likeness (QED) is 0.891. The van der Waals surface area contributed by atoms with Gasteiger partial charge in [-0.25, -0.2) is 8.42 Å². The van der Waals surface area contributed by atoms with Crippen molar-refractivity contribution >= 4 is 21.6 Å². The Labute approximate surface area is 148 Å². The summed E-state index contributed by atoms with van der Waals surface area (Å²) in [7, 11) is -3.67. The molecule has 0 bridgehead atoms. The molecule has 2 aromatic rings. The first-order valence-electron chi connectivity index (χ1n) is 8.31. The molecule has 1 amide bonds. The molecule has 1 heterocycles. The Morgan fingerprint density at radius 2 is 1.80 bits per heavy atom. The molecule has 1 atom stereocenters. The number of amides is 1. The van der Waals surface area contributed by atoms with Gasteiger partial charge in [0.15, 0.2) is 0 Å². The van der Waals surface area contributed by atoms with E-state index in [1.165, 1.54) is 4.31 Å². The maximum Gasteiger partial charge on any atom is 0.243 e. The van der Waals surface area contributed by atoms with E-state index in [9.17, 15) is 13.2 Å². The van der Waals surface area contributed by atoms with Gasteiger partial charge in [-0.15, -0.1) is 0 Å². The number of rotatable bonds is 5. The summed E-state index contributed by atoms with van der Waals surface area (Å²) in [5, 5.41) is 2.77. The number of fused-ring (bicyclic) bond motifs is 1. The number of anilines is 1. The predicted molar refractivity (Wildman–Crippen MR) is 97.8 cm³/mol. The van der Waals surface area contributed by atoms with Crippen molar-refractivity contribution in [3.05, 3.63) is 59.7 Å². The molecule has 0 spiro atoms. The van der Waals surface area contributed by atoms with E-state index in [2.05, 4.69) is 5.32 Å². The Bertz CT molecular complexity index is 892. The van der Waals surface area contributed by atoms with E-state index in [4.69, 9.17) is 0 Å². The Balaban J connectivity index is 1.98. The number of hydrogen-bond acceptors (Lipinski definition) is 3. The van der Waals surface area contributed by atoms with Gasteiger partial charge in [-0.3, -0.25) is 4.79 Å². The number of carbonyl (C=O) groups excluding carboxylic acids is 1. The number of benzene rings is 2. The molecule has 1 N–H and O–H groups in total. The van der Waals surface area contributed by atoms with Crippen LogP contribution in [0.2, 0.25) is 0 Å². The summed E-state index contributed by atoms with van der Waals surface area (Å²) in [5.74, 6) is -0.443. The van der Waals surface area contributed by atoms with Crippen LogP contribution in [0.3, 0.4) is 0 Å². The SMILES string of the molecule is CC(C)N(Cc1ccccc1)S(=O)(=O)c1ccc2c(c1)[C@H](C)C(=O)N2. The van der Waals surface area contributed by atoms with Crippen LogP contribution in [0.4, 0.5) is 5.69 Å². The zero-order valence-electron chi connectivity index (χ0n) is 14.6. The maximum absolute atomic E-state index is 13.2. The summed E-state index contributed by atoms with van der Waals surface area (Å²) in [5.41, 5.74) is 2.36. The summed E-state index contributed by atoms with van der Waals surface area (Å²) in [6.07, 6.45) is 0. The number of hydrogen-bond donors (Lipinski definition) is 1. The largest absolute Gasteiger partial charge is 0.325 e. The van der Waals surface area contributed by atoms with Crippen LogP contribution >= 0.6 is 0 Å². The van der Waals surface area contributed by atoms with Crippen LogP contribution in [0.1, 0.15) is 37.8 Å². The zero-order valence-corrected chi connectivity index (χ0v) is 15.4. The summed E-state index contributed by atoms with van der Waals surface area (Å²) in [6.45, 7) is 5.82. The van der Waals surface area contributed by atoms with Crippen molar-refractivity contribution in [2.75, 3.05) is 5.32 Å². The van der Waals surface area contributed by atoms with Gasteiger partial charge >= 0.3 is 0 Å². The molecule has 0 saturated heterocycles. The fraction of sp³-hybridized carbons (Fsp3) is 0.316. The first-order valence-corrected chi connectivity index (χ1v) is 9.75. The van der Waals surface area contributed by atoms with Gasteiger partial charge in [-0.2, -0.15) is 4.31 Å². The third-order valence-electron chi connectivity index (χ3n) is 4.50. The minimum atomic E-state index is -3.67. The molecule has 0 aliphatic carbocycles. The molecule has 0 radical (unpaired) electrons. The van der Waals surface area contributed by atoms with Gasteiger partial charge in [0.2, 0.25) is 15.9 Å². The van der Waals surface area contributed by atoms with E-state index in [0.29, 0.717) is 12.2 Å². The normalized spacial score (nSPS) is 17.0. The Hall–Kier alpha value is -2.18. The monoisotopic (exact) mass is 358 g/mol. The van der Waals surface area contributed by atoms with Crippen molar-refractivity contribution in [2.24, 2.45) is 0 Å². The smallest absolute Gasteiger partial charge is 0.243 e. The summed E-state index contributed by atoms with van der Waals surface area (Å²) >= 11 is 0. The van der Waals surface area contributed by atoms with Gasteiger partial charge in [0, 0.05) is 18.3 Å². The van der Waals surface area contributed by atoms with Crippen molar-refractivity contribution in [1.82, 2.24) is 4.31 Å². The van der Waals surface area contributed by atoms with E-state index in [1.54, 1.807) is 25.1 Å². The molecule has 6 heteroatoms. The first kappa shape index (κ1) is 17.6. The van der Waals surface area contributed by atoms with Crippen molar-refractivity contribution in [3.8, 4) is 0 Å². The van der Waals surface area contributed by atoms with Gasteiger partial charge in [-0.05, 0) is 50.1 Å². The van der Waals surface area contributed by atoms with Crippen LogP contribution in [0.5, 0.6) is 0 Å². The average Bonchev–Trinajstić information content (AvgIpc) is 2.87. The van der Waals surface area contributed by atoms with Gasteiger partial charge in [0.25, 0.3) is 0 Å². The molecule has 0 saturated carbocycles. The lowest BCUT2D eigenvalue weighted by Gasteiger charge is -2.26. The topological polar surface area (TPSA) is 66.5 Å². The molecule has 132 valence electrons. The minimum Gasteiger partial charge on any atom is -0.325 e. The molecule has 2 aromatic carbocycles. The fourth-order valence-electron chi connectivity index (χ4n) is 3.00. The van der Waals surface area contributed by atoms with Crippen LogP contribution in [0, 0.1) is 0 Å². The highest BCUT2D eigenvalue weighted by Gasteiger charge is 2.31.